The van der Waals surface area contributed by atoms with Crippen LogP contribution in [0.4, 0.5) is 0 Å². The topological polar surface area (TPSA) is 86.6 Å². The number of carboxylic acid groups (broad SMARTS) is 1. The number of nitrogens with one attached hydrogen (secondary N) is 1. The van der Waals surface area contributed by atoms with Crippen molar-refractivity contribution in [1.82, 2.24) is 5.32 Å². The van der Waals surface area contributed by atoms with Crippen molar-refractivity contribution < 1.29 is 19.8 Å². The van der Waals surface area contributed by atoms with E-state index in [1.165, 1.54) is 0 Å². The summed E-state index contributed by atoms with van der Waals surface area (Å²) in [5.41, 5.74) is -0.368. The van der Waals surface area contributed by atoms with Crippen molar-refractivity contribution in [2.75, 3.05) is 6.54 Å². The van der Waals surface area contributed by atoms with E-state index in [2.05, 4.69) is 5.32 Å². The Morgan fingerprint density at radius 2 is 1.89 bits per heavy atom. The summed E-state index contributed by atoms with van der Waals surface area (Å²) in [6.45, 7) is 2.10. The first-order valence-corrected chi connectivity index (χ1v) is 6.64. The van der Waals surface area contributed by atoms with E-state index in [0.717, 1.165) is 25.7 Å². The van der Waals surface area contributed by atoms with Gasteiger partial charge in [0.25, 0.3) is 0 Å². The maximum Gasteiger partial charge on any atom is 0.303 e. The molecule has 1 unspecified atom stereocenters. The number of aliphatic hydroxyl groups excluding tert-OH is 1. The third kappa shape index (κ3) is 4.64. The molecule has 1 rings (SSSR count). The maximum absolute atomic E-state index is 11.8. The Morgan fingerprint density at radius 1 is 1.28 bits per heavy atom. The van der Waals surface area contributed by atoms with Gasteiger partial charge in [-0.05, 0) is 24.7 Å². The van der Waals surface area contributed by atoms with E-state index in [1.807, 2.05) is 6.92 Å². The van der Waals surface area contributed by atoms with Crippen molar-refractivity contribution in [2.24, 2.45) is 5.41 Å². The molecule has 0 aromatic heterocycles. The fourth-order valence-electron chi connectivity index (χ4n) is 2.64. The average molecular weight is 257 g/mol. The number of amides is 1. The minimum atomic E-state index is -0.835. The molecule has 0 radical (unpaired) electrons. The SMILES string of the molecule is CCC(O)CNC(=O)CC1(CC(=O)O)CCCC1. The molecule has 1 saturated carbocycles. The molecule has 1 aliphatic rings. The number of rotatable bonds is 7. The molecule has 5 heteroatoms. The minimum absolute atomic E-state index is 0.0662. The highest BCUT2D eigenvalue weighted by Crippen LogP contribution is 2.43. The second kappa shape index (κ2) is 6.73. The van der Waals surface area contributed by atoms with Crippen LogP contribution in [0.5, 0.6) is 0 Å². The van der Waals surface area contributed by atoms with E-state index in [9.17, 15) is 14.7 Å². The molecule has 0 heterocycles. The Balaban J connectivity index is 2.46. The van der Waals surface area contributed by atoms with Gasteiger partial charge in [-0.2, -0.15) is 0 Å². The molecule has 0 aromatic rings. The normalized spacial score (nSPS) is 19.4. The Morgan fingerprint density at radius 3 is 2.39 bits per heavy atom. The van der Waals surface area contributed by atoms with Crippen molar-refractivity contribution in [3.63, 3.8) is 0 Å². The molecule has 5 nitrogen and oxygen atoms in total. The second-order valence-electron chi connectivity index (χ2n) is 5.32. The molecule has 1 amide bonds. The molecule has 0 aliphatic heterocycles. The molecule has 1 fully saturated rings. The zero-order chi connectivity index (χ0) is 13.6. The zero-order valence-corrected chi connectivity index (χ0v) is 10.9. The molecular weight excluding hydrogens is 234 g/mol. The average Bonchev–Trinajstić information content (AvgIpc) is 2.73. The van der Waals surface area contributed by atoms with E-state index < -0.39 is 12.1 Å². The molecule has 0 spiro atoms. The Labute approximate surface area is 108 Å². The molecule has 0 aromatic carbocycles. The Bertz CT molecular complexity index is 297. The highest BCUT2D eigenvalue weighted by molar-refractivity contribution is 5.78. The summed E-state index contributed by atoms with van der Waals surface area (Å²) < 4.78 is 0. The van der Waals surface area contributed by atoms with Gasteiger partial charge >= 0.3 is 5.97 Å². The smallest absolute Gasteiger partial charge is 0.303 e. The van der Waals surface area contributed by atoms with Crippen LogP contribution in [-0.2, 0) is 9.59 Å². The predicted octanol–water partition coefficient (Wildman–Crippen LogP) is 1.30. The fraction of sp³-hybridized carbons (Fsp3) is 0.846. The minimum Gasteiger partial charge on any atom is -0.481 e. The first-order chi connectivity index (χ1) is 8.47. The molecule has 104 valence electrons. The lowest BCUT2D eigenvalue weighted by Crippen LogP contribution is -2.36. The van der Waals surface area contributed by atoms with Gasteiger partial charge in [-0.3, -0.25) is 9.59 Å². The predicted molar refractivity (Wildman–Crippen MR) is 67.1 cm³/mol. The van der Waals surface area contributed by atoms with Gasteiger partial charge in [-0.1, -0.05) is 19.8 Å². The fourth-order valence-corrected chi connectivity index (χ4v) is 2.64. The molecule has 0 bridgehead atoms. The Kier molecular flexibility index (Phi) is 5.59. The standard InChI is InChI=1S/C13H23NO4/c1-2-10(15)9-14-11(16)7-13(8-12(17)18)5-3-4-6-13/h10,15H,2-9H2,1H3,(H,14,16)(H,17,18). The van der Waals surface area contributed by atoms with Crippen molar-refractivity contribution in [2.45, 2.75) is 58.0 Å². The van der Waals surface area contributed by atoms with E-state index in [1.54, 1.807) is 0 Å². The number of carbonyl (C=O) groups is 2. The zero-order valence-electron chi connectivity index (χ0n) is 10.9. The van der Waals surface area contributed by atoms with Gasteiger partial charge in [0.15, 0.2) is 0 Å². The summed E-state index contributed by atoms with van der Waals surface area (Å²) in [5, 5.41) is 21.0. The first kappa shape index (κ1) is 15.0. The Hall–Kier alpha value is -1.10. The molecule has 18 heavy (non-hydrogen) atoms. The number of aliphatic hydroxyl groups is 1. The van der Waals surface area contributed by atoms with Crippen LogP contribution in [0.15, 0.2) is 0 Å². The summed E-state index contributed by atoms with van der Waals surface area (Å²) in [7, 11) is 0. The van der Waals surface area contributed by atoms with Crippen LogP contribution in [0.3, 0.4) is 0 Å². The first-order valence-electron chi connectivity index (χ1n) is 6.64. The molecule has 0 saturated heterocycles. The van der Waals surface area contributed by atoms with Crippen molar-refractivity contribution in [3.05, 3.63) is 0 Å². The number of hydrogen-bond acceptors (Lipinski definition) is 3. The van der Waals surface area contributed by atoms with Crippen LogP contribution in [0, 0.1) is 5.41 Å². The number of carbonyl (C=O) groups excluding carboxylic acids is 1. The van der Waals surface area contributed by atoms with Crippen LogP contribution >= 0.6 is 0 Å². The van der Waals surface area contributed by atoms with Gasteiger partial charge in [-0.25, -0.2) is 0 Å². The highest BCUT2D eigenvalue weighted by Gasteiger charge is 2.37. The van der Waals surface area contributed by atoms with Gasteiger partial charge in [0.1, 0.15) is 0 Å². The van der Waals surface area contributed by atoms with Crippen molar-refractivity contribution in [3.8, 4) is 0 Å². The summed E-state index contributed by atoms with van der Waals surface area (Å²) >= 11 is 0. The van der Waals surface area contributed by atoms with Crippen molar-refractivity contribution >= 4 is 11.9 Å². The lowest BCUT2D eigenvalue weighted by atomic mass is 9.79. The molecule has 1 atom stereocenters. The number of carboxylic acids is 1. The quantitative estimate of drug-likeness (QED) is 0.641. The lowest BCUT2D eigenvalue weighted by Gasteiger charge is -2.26. The molecule has 1 aliphatic carbocycles. The highest BCUT2D eigenvalue weighted by atomic mass is 16.4. The van der Waals surface area contributed by atoms with E-state index >= 15 is 0 Å². The van der Waals surface area contributed by atoms with Gasteiger partial charge in [-0.15, -0.1) is 0 Å². The monoisotopic (exact) mass is 257 g/mol. The van der Waals surface area contributed by atoms with Crippen LogP contribution < -0.4 is 5.32 Å². The van der Waals surface area contributed by atoms with Gasteiger partial charge in [0.2, 0.25) is 5.91 Å². The van der Waals surface area contributed by atoms with Crippen molar-refractivity contribution in [1.29, 1.82) is 0 Å². The van der Waals surface area contributed by atoms with Gasteiger partial charge < -0.3 is 15.5 Å². The van der Waals surface area contributed by atoms with Crippen LogP contribution in [-0.4, -0.2) is 34.7 Å². The maximum atomic E-state index is 11.8. The largest absolute Gasteiger partial charge is 0.481 e. The third-order valence-electron chi connectivity index (χ3n) is 3.73. The van der Waals surface area contributed by atoms with Gasteiger partial charge in [0, 0.05) is 13.0 Å². The van der Waals surface area contributed by atoms with Crippen LogP contribution in [0.1, 0.15) is 51.9 Å². The third-order valence-corrected chi connectivity index (χ3v) is 3.73. The summed E-state index contributed by atoms with van der Waals surface area (Å²) in [6, 6.07) is 0. The van der Waals surface area contributed by atoms with Crippen LogP contribution in [0.25, 0.3) is 0 Å². The van der Waals surface area contributed by atoms with E-state index in [4.69, 9.17) is 5.11 Å². The number of aliphatic carboxylic acids is 1. The molecular formula is C13H23NO4. The van der Waals surface area contributed by atoms with Crippen LogP contribution in [0.2, 0.25) is 0 Å². The van der Waals surface area contributed by atoms with E-state index in [0.29, 0.717) is 6.42 Å². The molecule has 3 N–H and O–H groups in total. The summed E-state index contributed by atoms with van der Waals surface area (Å²) in [4.78, 5) is 22.7. The second-order valence-corrected chi connectivity index (χ2v) is 5.32. The summed E-state index contributed by atoms with van der Waals surface area (Å²) in [6.07, 6.45) is 4.02. The lowest BCUT2D eigenvalue weighted by molar-refractivity contribution is -0.140. The number of hydrogen-bond donors (Lipinski definition) is 3. The van der Waals surface area contributed by atoms with Gasteiger partial charge in [0.05, 0.1) is 12.5 Å². The van der Waals surface area contributed by atoms with E-state index in [-0.39, 0.29) is 30.7 Å². The summed E-state index contributed by atoms with van der Waals surface area (Å²) in [5.74, 6) is -0.982.